The van der Waals surface area contributed by atoms with Crippen LogP contribution in [0.15, 0.2) is 95.6 Å². The first-order valence-corrected chi connectivity index (χ1v) is 19.5. The van der Waals surface area contributed by atoms with E-state index in [1.165, 1.54) is 23.0 Å². The number of rotatable bonds is 22. The quantitative estimate of drug-likeness (QED) is 0.0505. The highest BCUT2D eigenvalue weighted by Crippen LogP contribution is 2.55. The average Bonchev–Trinajstić information content (AvgIpc) is 3.15. The highest BCUT2D eigenvalue weighted by molar-refractivity contribution is 7.98. The van der Waals surface area contributed by atoms with Crippen LogP contribution in [0.25, 0.3) is 0 Å². The van der Waals surface area contributed by atoms with Crippen LogP contribution in [-0.4, -0.2) is 67.3 Å². The minimum Gasteiger partial charge on any atom is -1.00 e. The lowest BCUT2D eigenvalue weighted by Crippen LogP contribution is -3.00. The maximum absolute atomic E-state index is 13.1. The Balaban J connectivity index is 0.00000901. The second-order valence-corrected chi connectivity index (χ2v) is 15.8. The number of nitrogens with one attached hydrogen (secondary N) is 2. The van der Waals surface area contributed by atoms with Crippen molar-refractivity contribution in [2.24, 2.45) is 4.58 Å². The summed E-state index contributed by atoms with van der Waals surface area (Å²) in [5, 5.41) is 9.03. The molecule has 0 aromatic heterocycles. The Bertz CT molecular complexity index is 1460. The summed E-state index contributed by atoms with van der Waals surface area (Å²) in [6.45, 7) is 1.82. The summed E-state index contributed by atoms with van der Waals surface area (Å²) < 4.78 is 12.4. The van der Waals surface area contributed by atoms with E-state index in [0.29, 0.717) is 18.4 Å². The zero-order chi connectivity index (χ0) is 36.2. The summed E-state index contributed by atoms with van der Waals surface area (Å²) in [5.74, 6) is -2.74. The number of hydrogen-bond donors (Lipinski definition) is 2. The molecule has 51 heavy (non-hydrogen) atoms. The van der Waals surface area contributed by atoms with Crippen LogP contribution in [0.3, 0.4) is 0 Å². The third-order valence-electron chi connectivity index (χ3n) is 8.12. The number of carbonyl (C=O) groups is 5. The smallest absolute Gasteiger partial charge is 0.328 e. The van der Waals surface area contributed by atoms with E-state index in [9.17, 15) is 28.9 Å². The number of nitroso groups, excluding NO2 is 1. The van der Waals surface area contributed by atoms with Gasteiger partial charge in [0.1, 0.15) is 29.2 Å². The first kappa shape index (κ1) is 43.2. The molecule has 11 nitrogen and oxygen atoms in total. The molecule has 2 atom stereocenters. The minimum atomic E-state index is -2.04. The summed E-state index contributed by atoms with van der Waals surface area (Å²) in [7, 11) is -0.846. The zero-order valence-corrected chi connectivity index (χ0v) is 32.1. The van der Waals surface area contributed by atoms with Gasteiger partial charge >= 0.3 is 11.9 Å². The lowest BCUT2D eigenvalue weighted by Gasteiger charge is -2.27. The highest BCUT2D eigenvalue weighted by Gasteiger charge is 2.44. The lowest BCUT2D eigenvalue weighted by atomic mass is 10.1. The molecule has 2 unspecified atom stereocenters. The standard InChI is InChI=1S/C37H44N3O8PS.BrH/c1-3-48-36(44)25-23-33(41)32(27-50-40-46)39-35(43)24-22-31(37(45)47-2)38-34(42)21-13-14-26-49(28-15-7-4-8-16-28,29-17-9-5-10-18-29)30-19-11-6-12-20-30;/h4-12,15-20,31-32H,3,13-14,21-27H2,1-2H3,(H-,38,39,42,43);1H. The van der Waals surface area contributed by atoms with Gasteiger partial charge in [-0.2, -0.15) is 0 Å². The molecule has 0 radical (unpaired) electrons. The van der Waals surface area contributed by atoms with E-state index < -0.39 is 43.0 Å². The molecule has 0 heterocycles. The first-order valence-electron chi connectivity index (χ1n) is 16.6. The third kappa shape index (κ3) is 13.6. The molecule has 274 valence electrons. The maximum Gasteiger partial charge on any atom is 0.328 e. The Hall–Kier alpha value is -3.93. The maximum atomic E-state index is 13.1. The number of ketones is 1. The summed E-state index contributed by atoms with van der Waals surface area (Å²) in [6, 6.07) is 29.3. The van der Waals surface area contributed by atoms with E-state index in [1.54, 1.807) is 6.92 Å². The number of halogens is 1. The van der Waals surface area contributed by atoms with Crippen molar-refractivity contribution < 1.29 is 50.4 Å². The van der Waals surface area contributed by atoms with Gasteiger partial charge in [-0.15, -0.1) is 4.91 Å². The Morgan fingerprint density at radius 2 is 1.24 bits per heavy atom. The predicted molar refractivity (Wildman–Crippen MR) is 198 cm³/mol. The van der Waals surface area contributed by atoms with Gasteiger partial charge in [-0.1, -0.05) is 54.6 Å². The summed E-state index contributed by atoms with van der Waals surface area (Å²) in [6.07, 6.45) is 1.71. The first-order chi connectivity index (χ1) is 24.2. The van der Waals surface area contributed by atoms with Crippen molar-refractivity contribution >= 4 is 64.7 Å². The van der Waals surface area contributed by atoms with Crippen LogP contribution >= 0.6 is 19.2 Å². The van der Waals surface area contributed by atoms with Crippen molar-refractivity contribution in [3.63, 3.8) is 0 Å². The molecule has 0 saturated carbocycles. The zero-order valence-electron chi connectivity index (χ0n) is 28.8. The monoisotopic (exact) mass is 801 g/mol. The van der Waals surface area contributed by atoms with E-state index in [4.69, 9.17) is 9.47 Å². The van der Waals surface area contributed by atoms with Crippen LogP contribution in [0.2, 0.25) is 0 Å². The Morgan fingerprint density at radius 3 is 1.73 bits per heavy atom. The fourth-order valence-electron chi connectivity index (χ4n) is 5.67. The summed E-state index contributed by atoms with van der Waals surface area (Å²) in [5.41, 5.74) is 0. The van der Waals surface area contributed by atoms with E-state index in [2.05, 4.69) is 88.0 Å². The molecular formula is C37H45BrN3O8PS. The van der Waals surface area contributed by atoms with Crippen LogP contribution < -0.4 is 43.5 Å². The predicted octanol–water partition coefficient (Wildman–Crippen LogP) is 1.40. The number of Topliss-reactive ketones (excluding diaryl/α,β-unsaturated/α-hetero) is 1. The van der Waals surface area contributed by atoms with Crippen LogP contribution in [0.1, 0.15) is 51.9 Å². The molecule has 0 bridgehead atoms. The minimum absolute atomic E-state index is 0. The molecule has 3 rings (SSSR count). The molecule has 3 aromatic rings. The molecule has 14 heteroatoms. The number of methoxy groups -OCH3 is 1. The van der Waals surface area contributed by atoms with Crippen molar-refractivity contribution in [3.8, 4) is 0 Å². The molecular weight excluding hydrogens is 757 g/mol. The van der Waals surface area contributed by atoms with Gasteiger partial charge in [0.05, 0.1) is 32.3 Å². The van der Waals surface area contributed by atoms with Gasteiger partial charge in [-0.3, -0.25) is 19.2 Å². The number of amides is 2. The molecule has 3 aromatic carbocycles. The molecule has 2 N–H and O–H groups in total. The van der Waals surface area contributed by atoms with Gasteiger partial charge in [0, 0.05) is 41.5 Å². The second-order valence-electron chi connectivity index (χ2n) is 11.4. The summed E-state index contributed by atoms with van der Waals surface area (Å²) >= 11 is 0.568. The Labute approximate surface area is 314 Å². The van der Waals surface area contributed by atoms with Crippen molar-refractivity contribution in [2.45, 2.75) is 64.0 Å². The third-order valence-corrected chi connectivity index (χ3v) is 13.2. The van der Waals surface area contributed by atoms with Crippen LogP contribution in [-0.2, 0) is 33.4 Å². The highest BCUT2D eigenvalue weighted by atomic mass is 79.9. The molecule has 2 amide bonds. The van der Waals surface area contributed by atoms with Crippen molar-refractivity contribution in [1.82, 2.24) is 10.6 Å². The molecule has 0 spiro atoms. The number of unbranched alkanes of at least 4 members (excludes halogenated alkanes) is 1. The largest absolute Gasteiger partial charge is 1.00 e. The molecule has 0 aliphatic heterocycles. The van der Waals surface area contributed by atoms with Gasteiger partial charge < -0.3 is 37.1 Å². The van der Waals surface area contributed by atoms with Gasteiger partial charge in [-0.05, 0) is 62.6 Å². The summed E-state index contributed by atoms with van der Waals surface area (Å²) in [4.78, 5) is 73.4. The molecule has 0 aliphatic rings. The number of benzene rings is 3. The van der Waals surface area contributed by atoms with Gasteiger partial charge in [-0.25, -0.2) is 4.79 Å². The number of nitrogens with zero attached hydrogens (tertiary/aromatic N) is 1. The number of esters is 2. The Kier molecular flexibility index (Phi) is 19.9. The number of carbonyl (C=O) groups excluding carboxylic acids is 5. The molecule has 0 aliphatic carbocycles. The van der Waals surface area contributed by atoms with Gasteiger partial charge in [0.25, 0.3) is 0 Å². The molecule has 0 fully saturated rings. The number of ether oxygens (including phenoxy) is 2. The Morgan fingerprint density at radius 1 is 0.725 bits per heavy atom. The van der Waals surface area contributed by atoms with Crippen molar-refractivity contribution in [2.75, 3.05) is 25.6 Å². The second kappa shape index (κ2) is 23.5. The normalized spacial score (nSPS) is 12.0. The van der Waals surface area contributed by atoms with Crippen molar-refractivity contribution in [3.05, 3.63) is 95.9 Å². The van der Waals surface area contributed by atoms with Crippen LogP contribution in [0, 0.1) is 4.91 Å². The lowest BCUT2D eigenvalue weighted by molar-refractivity contribution is -0.145. The fraction of sp³-hybridized carbons (Fsp3) is 0.378. The van der Waals surface area contributed by atoms with E-state index in [-0.39, 0.29) is 67.4 Å². The molecule has 0 saturated heterocycles. The topological polar surface area (TPSA) is 157 Å². The fourth-order valence-corrected chi connectivity index (χ4v) is 10.6. The van der Waals surface area contributed by atoms with E-state index >= 15 is 0 Å². The van der Waals surface area contributed by atoms with Gasteiger partial charge in [0.2, 0.25) is 11.8 Å². The van der Waals surface area contributed by atoms with Crippen LogP contribution in [0.5, 0.6) is 0 Å². The van der Waals surface area contributed by atoms with Crippen LogP contribution in [0.4, 0.5) is 0 Å². The number of hydrogen-bond acceptors (Lipinski definition) is 10. The van der Waals surface area contributed by atoms with Gasteiger partial charge in [0.15, 0.2) is 5.78 Å². The SMILES string of the molecule is CCOC(=O)CCC(=O)C(CSN=O)NC(=O)CCC(NC(=O)CCCC[P+](c1ccccc1)(c1ccccc1)c1ccccc1)C(=O)OC.[Br-]. The average molecular weight is 803 g/mol. The van der Waals surface area contributed by atoms with Crippen molar-refractivity contribution in [1.29, 1.82) is 0 Å². The van der Waals surface area contributed by atoms with E-state index in [0.717, 1.165) is 12.6 Å². The van der Waals surface area contributed by atoms with E-state index in [1.807, 2.05) is 18.2 Å².